The van der Waals surface area contributed by atoms with Crippen molar-refractivity contribution in [3.63, 3.8) is 0 Å². The van der Waals surface area contributed by atoms with E-state index in [0.717, 1.165) is 0 Å². The van der Waals surface area contributed by atoms with E-state index in [1.807, 2.05) is 0 Å². The second-order valence-corrected chi connectivity index (χ2v) is 5.38. The molecule has 19 heavy (non-hydrogen) atoms. The van der Waals surface area contributed by atoms with Crippen molar-refractivity contribution in [2.45, 2.75) is 6.54 Å². The summed E-state index contributed by atoms with van der Waals surface area (Å²) >= 11 is 6.33. The smallest absolute Gasteiger partial charge is 0.180 e. The standard InChI is InChI=1S/C13H9Br2F2NO/c14-9-3-2-8(16)5-11(9)19-10-4-1-7(6-18)12(15)13(10)17/h1-5H,6,18H2. The van der Waals surface area contributed by atoms with Crippen molar-refractivity contribution >= 4 is 31.9 Å². The maximum Gasteiger partial charge on any atom is 0.180 e. The summed E-state index contributed by atoms with van der Waals surface area (Å²) in [4.78, 5) is 0. The molecule has 0 aliphatic heterocycles. The number of rotatable bonds is 3. The molecule has 0 heterocycles. The molecule has 0 radical (unpaired) electrons. The first kappa shape index (κ1) is 14.4. The fraction of sp³-hybridized carbons (Fsp3) is 0.0769. The molecule has 0 aromatic heterocycles. The summed E-state index contributed by atoms with van der Waals surface area (Å²) in [5, 5.41) is 0. The van der Waals surface area contributed by atoms with Crippen molar-refractivity contribution in [2.75, 3.05) is 0 Å². The summed E-state index contributed by atoms with van der Waals surface area (Å²) in [5.74, 6) is -0.836. The molecule has 2 rings (SSSR count). The lowest BCUT2D eigenvalue weighted by Gasteiger charge is -2.11. The maximum atomic E-state index is 14.0. The van der Waals surface area contributed by atoms with Gasteiger partial charge in [-0.2, -0.15) is 0 Å². The molecule has 2 aromatic carbocycles. The van der Waals surface area contributed by atoms with E-state index in [2.05, 4.69) is 31.9 Å². The zero-order valence-corrected chi connectivity index (χ0v) is 12.8. The highest BCUT2D eigenvalue weighted by atomic mass is 79.9. The van der Waals surface area contributed by atoms with Crippen molar-refractivity contribution in [1.29, 1.82) is 0 Å². The van der Waals surface area contributed by atoms with Crippen LogP contribution in [0.3, 0.4) is 0 Å². The lowest BCUT2D eigenvalue weighted by Crippen LogP contribution is -2.00. The van der Waals surface area contributed by atoms with Crippen molar-refractivity contribution in [2.24, 2.45) is 5.73 Å². The second kappa shape index (κ2) is 5.98. The number of hydrogen-bond donors (Lipinski definition) is 1. The Morgan fingerprint density at radius 1 is 1.05 bits per heavy atom. The predicted molar refractivity (Wildman–Crippen MR) is 76.2 cm³/mol. The van der Waals surface area contributed by atoms with Crippen molar-refractivity contribution in [3.8, 4) is 11.5 Å². The quantitative estimate of drug-likeness (QED) is 0.818. The van der Waals surface area contributed by atoms with Gasteiger partial charge in [0.1, 0.15) is 11.6 Å². The van der Waals surface area contributed by atoms with Crippen LogP contribution in [-0.4, -0.2) is 0 Å². The fourth-order valence-corrected chi connectivity index (χ4v) is 2.30. The van der Waals surface area contributed by atoms with Gasteiger partial charge in [-0.15, -0.1) is 0 Å². The monoisotopic (exact) mass is 391 g/mol. The van der Waals surface area contributed by atoms with Gasteiger partial charge in [0, 0.05) is 12.6 Å². The van der Waals surface area contributed by atoms with Crippen LogP contribution in [0.4, 0.5) is 8.78 Å². The van der Waals surface area contributed by atoms with Crippen molar-refractivity contribution in [1.82, 2.24) is 0 Å². The third-order valence-electron chi connectivity index (χ3n) is 2.46. The number of hydrogen-bond acceptors (Lipinski definition) is 2. The maximum absolute atomic E-state index is 14.0. The molecule has 0 atom stereocenters. The zero-order valence-electron chi connectivity index (χ0n) is 9.59. The van der Waals surface area contributed by atoms with Crippen LogP contribution in [0.1, 0.15) is 5.56 Å². The average Bonchev–Trinajstić information content (AvgIpc) is 2.39. The Morgan fingerprint density at radius 3 is 2.47 bits per heavy atom. The lowest BCUT2D eigenvalue weighted by atomic mass is 10.2. The highest BCUT2D eigenvalue weighted by Crippen LogP contribution is 2.35. The molecule has 0 bridgehead atoms. The molecule has 0 spiro atoms. The average molecular weight is 393 g/mol. The van der Waals surface area contributed by atoms with E-state index in [1.165, 1.54) is 24.3 Å². The summed E-state index contributed by atoms with van der Waals surface area (Å²) in [6.45, 7) is 0.210. The molecule has 0 unspecified atom stereocenters. The number of nitrogens with two attached hydrogens (primary N) is 1. The zero-order chi connectivity index (χ0) is 14.0. The molecule has 0 saturated carbocycles. The fourth-order valence-electron chi connectivity index (χ4n) is 1.48. The molecule has 0 aliphatic rings. The van der Waals surface area contributed by atoms with Gasteiger partial charge in [0.25, 0.3) is 0 Å². The third-order valence-corrected chi connectivity index (χ3v) is 3.97. The minimum atomic E-state index is -0.570. The van der Waals surface area contributed by atoms with Gasteiger partial charge in [-0.1, -0.05) is 6.07 Å². The Kier molecular flexibility index (Phi) is 4.54. The number of halogens is 4. The molecular weight excluding hydrogens is 384 g/mol. The largest absolute Gasteiger partial charge is 0.453 e. The van der Waals surface area contributed by atoms with Crippen LogP contribution in [-0.2, 0) is 6.54 Å². The molecule has 100 valence electrons. The van der Waals surface area contributed by atoms with Gasteiger partial charge in [0.2, 0.25) is 0 Å². The van der Waals surface area contributed by atoms with Gasteiger partial charge in [-0.3, -0.25) is 0 Å². The van der Waals surface area contributed by atoms with Gasteiger partial charge in [-0.25, -0.2) is 8.78 Å². The summed E-state index contributed by atoms with van der Waals surface area (Å²) < 4.78 is 33.3. The van der Waals surface area contributed by atoms with E-state index in [-0.39, 0.29) is 22.5 Å². The van der Waals surface area contributed by atoms with Gasteiger partial charge >= 0.3 is 0 Å². The first-order valence-electron chi connectivity index (χ1n) is 5.32. The second-order valence-electron chi connectivity index (χ2n) is 3.73. The Bertz CT molecular complexity index is 620. The minimum absolute atomic E-state index is 0.00428. The van der Waals surface area contributed by atoms with Gasteiger partial charge in [0.05, 0.1) is 8.95 Å². The van der Waals surface area contributed by atoms with Gasteiger partial charge in [-0.05, 0) is 55.6 Å². The van der Waals surface area contributed by atoms with Crippen molar-refractivity contribution in [3.05, 3.63) is 56.5 Å². The molecule has 6 heteroatoms. The molecule has 0 saturated heterocycles. The third kappa shape index (κ3) is 3.13. The first-order valence-corrected chi connectivity index (χ1v) is 6.91. The van der Waals surface area contributed by atoms with Crippen LogP contribution in [0.15, 0.2) is 39.3 Å². The summed E-state index contributed by atoms with van der Waals surface area (Å²) in [6, 6.07) is 7.05. The normalized spacial score (nSPS) is 10.6. The van der Waals surface area contributed by atoms with Crippen LogP contribution >= 0.6 is 31.9 Å². The van der Waals surface area contributed by atoms with E-state index in [1.54, 1.807) is 6.07 Å². The topological polar surface area (TPSA) is 35.2 Å². The van der Waals surface area contributed by atoms with Crippen LogP contribution < -0.4 is 10.5 Å². The molecular formula is C13H9Br2F2NO. The van der Waals surface area contributed by atoms with E-state index in [9.17, 15) is 8.78 Å². The van der Waals surface area contributed by atoms with Crippen LogP contribution in [0.2, 0.25) is 0 Å². The highest BCUT2D eigenvalue weighted by Gasteiger charge is 2.13. The number of benzene rings is 2. The molecule has 0 amide bonds. The van der Waals surface area contributed by atoms with Crippen molar-refractivity contribution < 1.29 is 13.5 Å². The number of ether oxygens (including phenoxy) is 1. The Morgan fingerprint density at radius 2 is 1.79 bits per heavy atom. The van der Waals surface area contributed by atoms with Gasteiger partial charge < -0.3 is 10.5 Å². The Labute approximate surface area is 125 Å². The predicted octanol–water partition coefficient (Wildman–Crippen LogP) is 4.74. The van der Waals surface area contributed by atoms with Gasteiger partial charge in [0.15, 0.2) is 11.6 Å². The Hall–Kier alpha value is -0.980. The first-order chi connectivity index (χ1) is 9.02. The molecule has 2 aromatic rings. The molecule has 0 aliphatic carbocycles. The summed E-state index contributed by atoms with van der Waals surface area (Å²) in [5.41, 5.74) is 6.10. The SMILES string of the molecule is NCc1ccc(Oc2cc(F)ccc2Br)c(F)c1Br. The Balaban J connectivity index is 2.39. The van der Waals surface area contributed by atoms with E-state index >= 15 is 0 Å². The molecule has 0 fully saturated rings. The van der Waals surface area contributed by atoms with E-state index in [4.69, 9.17) is 10.5 Å². The summed E-state index contributed by atoms with van der Waals surface area (Å²) in [7, 11) is 0. The molecule has 2 nitrogen and oxygen atoms in total. The van der Waals surface area contributed by atoms with E-state index < -0.39 is 11.6 Å². The lowest BCUT2D eigenvalue weighted by molar-refractivity contribution is 0.434. The highest BCUT2D eigenvalue weighted by molar-refractivity contribution is 9.10. The van der Waals surface area contributed by atoms with Crippen LogP contribution in [0, 0.1) is 11.6 Å². The summed E-state index contributed by atoms with van der Waals surface area (Å²) in [6.07, 6.45) is 0. The molecule has 2 N–H and O–H groups in total. The van der Waals surface area contributed by atoms with Crippen LogP contribution in [0.5, 0.6) is 11.5 Å². The van der Waals surface area contributed by atoms with E-state index in [0.29, 0.717) is 10.0 Å². The minimum Gasteiger partial charge on any atom is -0.453 e. The van der Waals surface area contributed by atoms with Crippen LogP contribution in [0.25, 0.3) is 0 Å².